The summed E-state index contributed by atoms with van der Waals surface area (Å²) in [6.45, 7) is 6.02. The van der Waals surface area contributed by atoms with Crippen LogP contribution in [0.25, 0.3) is 0 Å². The van der Waals surface area contributed by atoms with Gasteiger partial charge in [0.1, 0.15) is 11.8 Å². The summed E-state index contributed by atoms with van der Waals surface area (Å²) in [5.41, 5.74) is 2.74. The SMILES string of the molecule is CCOc1ccc(CN2CCCn3nc(C#N)cc3C2)cc1Cl. The third kappa shape index (κ3) is 3.66. The van der Waals surface area contributed by atoms with Crippen LogP contribution in [0.4, 0.5) is 0 Å². The lowest BCUT2D eigenvalue weighted by Crippen LogP contribution is -2.22. The lowest BCUT2D eigenvalue weighted by molar-refractivity contribution is 0.261. The minimum atomic E-state index is 0.492. The summed E-state index contributed by atoms with van der Waals surface area (Å²) in [6, 6.07) is 9.94. The number of hydrogen-bond donors (Lipinski definition) is 0. The van der Waals surface area contributed by atoms with Crippen molar-refractivity contribution in [1.29, 1.82) is 5.26 Å². The van der Waals surface area contributed by atoms with Gasteiger partial charge >= 0.3 is 0 Å². The summed E-state index contributed by atoms with van der Waals surface area (Å²) >= 11 is 6.27. The summed E-state index contributed by atoms with van der Waals surface area (Å²) in [5, 5.41) is 13.9. The lowest BCUT2D eigenvalue weighted by atomic mass is 10.2. The van der Waals surface area contributed by atoms with Gasteiger partial charge in [-0.2, -0.15) is 10.4 Å². The monoisotopic (exact) mass is 330 g/mol. The Morgan fingerprint density at radius 2 is 2.22 bits per heavy atom. The number of ether oxygens (including phenoxy) is 1. The van der Waals surface area contributed by atoms with E-state index in [0.29, 0.717) is 17.3 Å². The summed E-state index contributed by atoms with van der Waals surface area (Å²) in [7, 11) is 0. The van der Waals surface area contributed by atoms with Crippen molar-refractivity contribution in [2.45, 2.75) is 33.0 Å². The molecule has 2 heterocycles. The lowest BCUT2D eigenvalue weighted by Gasteiger charge is -2.20. The normalized spacial score (nSPS) is 14.8. The molecular formula is C17H19ClN4O. The van der Waals surface area contributed by atoms with Crippen molar-refractivity contribution >= 4 is 11.6 Å². The third-order valence-electron chi connectivity index (χ3n) is 3.91. The second kappa shape index (κ2) is 7.03. The van der Waals surface area contributed by atoms with Gasteiger partial charge in [0.15, 0.2) is 5.69 Å². The number of fused-ring (bicyclic) bond motifs is 1. The predicted molar refractivity (Wildman–Crippen MR) is 88.3 cm³/mol. The summed E-state index contributed by atoms with van der Waals surface area (Å²) in [5.74, 6) is 0.727. The van der Waals surface area contributed by atoms with Gasteiger partial charge in [-0.1, -0.05) is 17.7 Å². The van der Waals surface area contributed by atoms with Crippen molar-refractivity contribution in [2.24, 2.45) is 0 Å². The molecule has 0 aliphatic carbocycles. The van der Waals surface area contributed by atoms with Crippen LogP contribution in [0.5, 0.6) is 5.75 Å². The van der Waals surface area contributed by atoms with Crippen LogP contribution in [0.3, 0.4) is 0 Å². The second-order valence-electron chi connectivity index (χ2n) is 5.62. The highest BCUT2D eigenvalue weighted by atomic mass is 35.5. The molecule has 23 heavy (non-hydrogen) atoms. The van der Waals surface area contributed by atoms with Crippen LogP contribution in [-0.2, 0) is 19.6 Å². The molecule has 0 atom stereocenters. The van der Waals surface area contributed by atoms with Gasteiger partial charge in [0.05, 0.1) is 17.3 Å². The quantitative estimate of drug-likeness (QED) is 0.863. The molecular weight excluding hydrogens is 312 g/mol. The highest BCUT2D eigenvalue weighted by molar-refractivity contribution is 6.32. The molecule has 0 N–H and O–H groups in total. The highest BCUT2D eigenvalue weighted by Crippen LogP contribution is 2.26. The molecule has 1 aliphatic rings. The number of benzene rings is 1. The molecule has 0 fully saturated rings. The minimum Gasteiger partial charge on any atom is -0.492 e. The number of nitrogens with zero attached hydrogens (tertiary/aromatic N) is 4. The van der Waals surface area contributed by atoms with Crippen molar-refractivity contribution in [3.05, 3.63) is 46.2 Å². The molecule has 3 rings (SSSR count). The van der Waals surface area contributed by atoms with E-state index in [1.54, 1.807) is 0 Å². The summed E-state index contributed by atoms with van der Waals surface area (Å²) < 4.78 is 7.42. The van der Waals surface area contributed by atoms with E-state index in [-0.39, 0.29) is 0 Å². The van der Waals surface area contributed by atoms with E-state index in [2.05, 4.69) is 22.1 Å². The smallest absolute Gasteiger partial charge is 0.162 e. The first-order valence-electron chi connectivity index (χ1n) is 7.80. The van der Waals surface area contributed by atoms with E-state index in [4.69, 9.17) is 21.6 Å². The number of rotatable bonds is 4. The minimum absolute atomic E-state index is 0.492. The van der Waals surface area contributed by atoms with Gasteiger partial charge in [-0.05, 0) is 37.1 Å². The molecule has 0 bridgehead atoms. The number of hydrogen-bond acceptors (Lipinski definition) is 4. The van der Waals surface area contributed by atoms with Crippen molar-refractivity contribution < 1.29 is 4.74 Å². The first kappa shape index (κ1) is 15.9. The molecule has 120 valence electrons. The molecule has 0 spiro atoms. The maximum absolute atomic E-state index is 8.99. The maximum Gasteiger partial charge on any atom is 0.162 e. The van der Waals surface area contributed by atoms with Crippen LogP contribution in [0.1, 0.15) is 30.3 Å². The Morgan fingerprint density at radius 1 is 1.35 bits per heavy atom. The molecule has 0 saturated carbocycles. The molecule has 0 saturated heterocycles. The zero-order valence-electron chi connectivity index (χ0n) is 13.1. The number of halogens is 1. The fourth-order valence-electron chi connectivity index (χ4n) is 2.89. The Labute approximate surface area is 141 Å². The van der Waals surface area contributed by atoms with Crippen LogP contribution < -0.4 is 4.74 Å². The average Bonchev–Trinajstić information content (AvgIpc) is 2.83. The van der Waals surface area contributed by atoms with Gasteiger partial charge in [0.2, 0.25) is 0 Å². The van der Waals surface area contributed by atoms with E-state index in [1.807, 2.05) is 29.8 Å². The van der Waals surface area contributed by atoms with Crippen LogP contribution >= 0.6 is 11.6 Å². The van der Waals surface area contributed by atoms with E-state index < -0.39 is 0 Å². The molecule has 0 unspecified atom stereocenters. The first-order valence-corrected chi connectivity index (χ1v) is 8.18. The van der Waals surface area contributed by atoms with Gasteiger partial charge in [0.25, 0.3) is 0 Å². The van der Waals surface area contributed by atoms with Crippen LogP contribution in [-0.4, -0.2) is 27.8 Å². The molecule has 1 aromatic heterocycles. The van der Waals surface area contributed by atoms with Gasteiger partial charge in [-0.25, -0.2) is 0 Å². The van der Waals surface area contributed by atoms with Gasteiger partial charge in [-0.15, -0.1) is 0 Å². The van der Waals surface area contributed by atoms with E-state index in [1.165, 1.54) is 0 Å². The van der Waals surface area contributed by atoms with Crippen molar-refractivity contribution in [2.75, 3.05) is 13.2 Å². The molecule has 1 aliphatic heterocycles. The Balaban J connectivity index is 1.73. The fraction of sp³-hybridized carbons (Fsp3) is 0.412. The Hall–Kier alpha value is -2.03. The van der Waals surface area contributed by atoms with Crippen molar-refractivity contribution in [3.63, 3.8) is 0 Å². The van der Waals surface area contributed by atoms with Crippen LogP contribution in [0.15, 0.2) is 24.3 Å². The van der Waals surface area contributed by atoms with Gasteiger partial charge in [0, 0.05) is 26.2 Å². The number of aryl methyl sites for hydroxylation is 1. The Bertz CT molecular complexity index is 735. The summed E-state index contributed by atoms with van der Waals surface area (Å²) in [6.07, 6.45) is 1.02. The Kier molecular flexibility index (Phi) is 4.85. The molecule has 6 heteroatoms. The van der Waals surface area contributed by atoms with Crippen molar-refractivity contribution in [1.82, 2.24) is 14.7 Å². The maximum atomic E-state index is 8.99. The van der Waals surface area contributed by atoms with Gasteiger partial charge < -0.3 is 4.74 Å². The fourth-order valence-corrected chi connectivity index (χ4v) is 3.15. The second-order valence-corrected chi connectivity index (χ2v) is 6.03. The molecule has 0 radical (unpaired) electrons. The zero-order valence-corrected chi connectivity index (χ0v) is 13.9. The first-order chi connectivity index (χ1) is 11.2. The number of aromatic nitrogens is 2. The van der Waals surface area contributed by atoms with E-state index in [0.717, 1.165) is 49.6 Å². The molecule has 0 amide bonds. The summed E-state index contributed by atoms with van der Waals surface area (Å²) in [4.78, 5) is 2.35. The van der Waals surface area contributed by atoms with Crippen LogP contribution in [0, 0.1) is 11.3 Å². The largest absolute Gasteiger partial charge is 0.492 e. The van der Waals surface area contributed by atoms with E-state index >= 15 is 0 Å². The average molecular weight is 331 g/mol. The topological polar surface area (TPSA) is 54.1 Å². The third-order valence-corrected chi connectivity index (χ3v) is 4.21. The Morgan fingerprint density at radius 3 is 2.96 bits per heavy atom. The highest BCUT2D eigenvalue weighted by Gasteiger charge is 2.17. The molecule has 1 aromatic carbocycles. The van der Waals surface area contributed by atoms with Crippen LogP contribution in [0.2, 0.25) is 5.02 Å². The van der Waals surface area contributed by atoms with Gasteiger partial charge in [-0.3, -0.25) is 9.58 Å². The molecule has 2 aromatic rings. The molecule has 5 nitrogen and oxygen atoms in total. The standard InChI is InChI=1S/C17H19ClN4O/c1-2-23-17-5-4-13(8-16(17)18)11-21-6-3-7-22-15(12-21)9-14(10-19)20-22/h4-5,8-9H,2-3,6-7,11-12H2,1H3. The predicted octanol–water partition coefficient (Wildman–Crippen LogP) is 3.21. The number of nitriles is 1. The van der Waals surface area contributed by atoms with Crippen molar-refractivity contribution in [3.8, 4) is 11.8 Å². The zero-order chi connectivity index (χ0) is 16.2. The van der Waals surface area contributed by atoms with E-state index in [9.17, 15) is 0 Å².